The van der Waals surface area contributed by atoms with Gasteiger partial charge in [0.05, 0.1) is 22.9 Å². The summed E-state index contributed by atoms with van der Waals surface area (Å²) in [5, 5.41) is 3.36. The number of nitrogens with one attached hydrogen (secondary N) is 2. The highest BCUT2D eigenvalue weighted by molar-refractivity contribution is 7.22. The van der Waals surface area contributed by atoms with Crippen LogP contribution in [0.2, 0.25) is 0 Å². The lowest BCUT2D eigenvalue weighted by molar-refractivity contribution is -0.205. The third-order valence-electron chi connectivity index (χ3n) is 3.23. The third kappa shape index (κ3) is 4.59. The number of rotatable bonds is 6. The van der Waals surface area contributed by atoms with E-state index in [1.807, 2.05) is 5.32 Å². The second-order valence-corrected chi connectivity index (χ2v) is 6.69. The number of ether oxygens (including phenoxy) is 2. The van der Waals surface area contributed by atoms with Gasteiger partial charge in [-0.3, -0.25) is 5.32 Å². The quantitative estimate of drug-likeness (QED) is 0.563. The molecule has 1 atom stereocenters. The number of halogens is 3. The summed E-state index contributed by atoms with van der Waals surface area (Å²) in [5.74, 6) is -1.72. The fourth-order valence-electron chi connectivity index (χ4n) is 2.11. The Balaban J connectivity index is 2.47. The lowest BCUT2D eigenvalue weighted by Gasteiger charge is -2.34. The molecule has 2 aromatic rings. The molecule has 7 nitrogen and oxygen atoms in total. The molecule has 27 heavy (non-hydrogen) atoms. The maximum atomic E-state index is 13.9. The van der Waals surface area contributed by atoms with Crippen LogP contribution >= 0.6 is 11.3 Å². The van der Waals surface area contributed by atoms with Crippen LogP contribution in [0.1, 0.15) is 20.8 Å². The average molecular weight is 405 g/mol. The summed E-state index contributed by atoms with van der Waals surface area (Å²) in [6.07, 6.45) is -7.36. The number of hydrogen-bond acceptors (Lipinski definition) is 7. The van der Waals surface area contributed by atoms with Crippen LogP contribution in [0.25, 0.3) is 10.2 Å². The number of carbonyl (C=O) groups is 2. The highest BCUT2D eigenvalue weighted by Crippen LogP contribution is 2.35. The second kappa shape index (κ2) is 7.99. The van der Waals surface area contributed by atoms with Gasteiger partial charge in [-0.25, -0.2) is 14.6 Å². The van der Waals surface area contributed by atoms with Crippen LogP contribution in [0.4, 0.5) is 23.1 Å². The number of benzene rings is 1. The lowest BCUT2D eigenvalue weighted by Crippen LogP contribution is -2.69. The van der Waals surface area contributed by atoms with Crippen molar-refractivity contribution < 1.29 is 32.2 Å². The summed E-state index contributed by atoms with van der Waals surface area (Å²) >= 11 is 0.895. The molecular formula is C16H18F3N3O4S. The number of amides is 1. The molecule has 11 heteroatoms. The second-order valence-electron chi connectivity index (χ2n) is 5.66. The van der Waals surface area contributed by atoms with Crippen LogP contribution in [-0.2, 0) is 14.3 Å². The molecule has 1 aromatic carbocycles. The predicted octanol–water partition coefficient (Wildman–Crippen LogP) is 3.66. The van der Waals surface area contributed by atoms with Crippen molar-refractivity contribution >= 4 is 38.7 Å². The van der Waals surface area contributed by atoms with Gasteiger partial charge in [0.25, 0.3) is 0 Å². The predicted molar refractivity (Wildman–Crippen MR) is 93.4 cm³/mol. The molecule has 0 fully saturated rings. The monoisotopic (exact) mass is 405 g/mol. The molecule has 0 saturated carbocycles. The summed E-state index contributed by atoms with van der Waals surface area (Å²) in [7, 11) is 0. The van der Waals surface area contributed by atoms with E-state index in [0.29, 0.717) is 10.2 Å². The van der Waals surface area contributed by atoms with E-state index in [-0.39, 0.29) is 11.7 Å². The minimum atomic E-state index is -5.24. The highest BCUT2D eigenvalue weighted by atomic mass is 32.1. The van der Waals surface area contributed by atoms with Crippen molar-refractivity contribution in [2.45, 2.75) is 38.7 Å². The fraction of sp³-hybridized carbons (Fsp3) is 0.438. The van der Waals surface area contributed by atoms with Crippen molar-refractivity contribution in [3.05, 3.63) is 24.3 Å². The van der Waals surface area contributed by atoms with Crippen LogP contribution in [0.3, 0.4) is 0 Å². The SMILES string of the molecule is CCOC(=O)[C@](NC(=O)OC(C)C)(Nc1nc2ccccc2s1)C(F)(F)F. The topological polar surface area (TPSA) is 89.5 Å². The number of hydrogen-bond donors (Lipinski definition) is 2. The van der Waals surface area contributed by atoms with Crippen LogP contribution in [0.15, 0.2) is 24.3 Å². The van der Waals surface area contributed by atoms with E-state index in [1.54, 1.807) is 29.6 Å². The van der Waals surface area contributed by atoms with Crippen molar-refractivity contribution in [3.63, 3.8) is 0 Å². The average Bonchev–Trinajstić information content (AvgIpc) is 2.94. The van der Waals surface area contributed by atoms with Gasteiger partial charge < -0.3 is 14.8 Å². The van der Waals surface area contributed by atoms with Gasteiger partial charge in [0.1, 0.15) is 0 Å². The van der Waals surface area contributed by atoms with Crippen molar-refractivity contribution in [3.8, 4) is 0 Å². The van der Waals surface area contributed by atoms with E-state index < -0.39 is 30.0 Å². The van der Waals surface area contributed by atoms with E-state index in [2.05, 4.69) is 9.72 Å². The van der Waals surface area contributed by atoms with Gasteiger partial charge in [-0.2, -0.15) is 13.2 Å². The molecule has 0 aliphatic carbocycles. The summed E-state index contributed by atoms with van der Waals surface area (Å²) in [6.45, 7) is 3.95. The molecule has 0 saturated heterocycles. The van der Waals surface area contributed by atoms with E-state index in [0.717, 1.165) is 11.3 Å². The van der Waals surface area contributed by atoms with E-state index in [1.165, 1.54) is 20.8 Å². The number of para-hydroxylation sites is 1. The maximum absolute atomic E-state index is 13.9. The van der Waals surface area contributed by atoms with Crippen LogP contribution in [0, 0.1) is 0 Å². The number of carbonyl (C=O) groups excluding carboxylic acids is 2. The van der Waals surface area contributed by atoms with Gasteiger partial charge in [0.2, 0.25) is 0 Å². The third-order valence-corrected chi connectivity index (χ3v) is 4.18. The van der Waals surface area contributed by atoms with Gasteiger partial charge in [-0.05, 0) is 32.9 Å². The molecule has 148 valence electrons. The van der Waals surface area contributed by atoms with Gasteiger partial charge in [0, 0.05) is 0 Å². The van der Waals surface area contributed by atoms with Crippen molar-refractivity contribution in [1.82, 2.24) is 10.3 Å². The van der Waals surface area contributed by atoms with Gasteiger partial charge >= 0.3 is 23.9 Å². The Bertz CT molecular complexity index is 792. The zero-order chi connectivity index (χ0) is 20.2. The summed E-state index contributed by atoms with van der Waals surface area (Å²) in [5.41, 5.74) is -3.11. The van der Waals surface area contributed by atoms with Crippen LogP contribution in [-0.4, -0.2) is 41.6 Å². The first kappa shape index (κ1) is 20.7. The first-order chi connectivity index (χ1) is 12.6. The van der Waals surface area contributed by atoms with Gasteiger partial charge in [-0.15, -0.1) is 0 Å². The maximum Gasteiger partial charge on any atom is 0.442 e. The lowest BCUT2D eigenvalue weighted by atomic mass is 10.1. The zero-order valence-electron chi connectivity index (χ0n) is 14.7. The fourth-order valence-corrected chi connectivity index (χ4v) is 3.03. The molecule has 0 aliphatic heterocycles. The Kier molecular flexibility index (Phi) is 6.14. The Morgan fingerprint density at radius 1 is 1.26 bits per heavy atom. The number of aromatic nitrogens is 1. The van der Waals surface area contributed by atoms with E-state index >= 15 is 0 Å². The Morgan fingerprint density at radius 2 is 1.93 bits per heavy atom. The molecule has 0 radical (unpaired) electrons. The zero-order valence-corrected chi connectivity index (χ0v) is 15.5. The minimum Gasteiger partial charge on any atom is -0.463 e. The molecule has 2 N–H and O–H groups in total. The number of thiazole rings is 1. The number of alkyl carbamates (subject to hydrolysis) is 1. The molecular weight excluding hydrogens is 387 g/mol. The number of esters is 1. The van der Waals surface area contributed by atoms with Gasteiger partial charge in [0.15, 0.2) is 5.13 Å². The highest BCUT2D eigenvalue weighted by Gasteiger charge is 2.64. The van der Waals surface area contributed by atoms with Crippen molar-refractivity contribution in [2.24, 2.45) is 0 Å². The Morgan fingerprint density at radius 3 is 2.48 bits per heavy atom. The molecule has 0 bridgehead atoms. The van der Waals surface area contributed by atoms with Crippen molar-refractivity contribution in [1.29, 1.82) is 0 Å². The molecule has 0 aliphatic rings. The number of anilines is 1. The number of fused-ring (bicyclic) bond motifs is 1. The minimum absolute atomic E-state index is 0.216. The van der Waals surface area contributed by atoms with Gasteiger partial charge in [-0.1, -0.05) is 23.5 Å². The molecule has 1 aromatic heterocycles. The number of alkyl halides is 3. The smallest absolute Gasteiger partial charge is 0.442 e. The van der Waals surface area contributed by atoms with Crippen LogP contribution < -0.4 is 10.6 Å². The van der Waals surface area contributed by atoms with E-state index in [9.17, 15) is 22.8 Å². The first-order valence-electron chi connectivity index (χ1n) is 7.95. The number of nitrogens with zero attached hydrogens (tertiary/aromatic N) is 1. The first-order valence-corrected chi connectivity index (χ1v) is 8.77. The molecule has 2 rings (SSSR count). The molecule has 0 unspecified atom stereocenters. The van der Waals surface area contributed by atoms with Crippen LogP contribution in [0.5, 0.6) is 0 Å². The normalized spacial score (nSPS) is 13.9. The molecule has 1 heterocycles. The molecule has 1 amide bonds. The largest absolute Gasteiger partial charge is 0.463 e. The van der Waals surface area contributed by atoms with Crippen molar-refractivity contribution in [2.75, 3.05) is 11.9 Å². The summed E-state index contributed by atoms with van der Waals surface area (Å²) < 4.78 is 51.7. The summed E-state index contributed by atoms with van der Waals surface area (Å²) in [4.78, 5) is 28.2. The Hall–Kier alpha value is -2.56. The van der Waals surface area contributed by atoms with E-state index in [4.69, 9.17) is 4.74 Å². The molecule has 0 spiro atoms. The Labute approximate surface area is 156 Å². The summed E-state index contributed by atoms with van der Waals surface area (Å²) in [6, 6.07) is 6.65. The standard InChI is InChI=1S/C16H18F3N3O4S/c1-4-25-12(23)15(16(17,18)19,22-14(24)26-9(2)3)21-13-20-10-7-5-6-8-11(10)27-13/h5-9H,4H2,1-3H3,(H,20,21)(H,22,24)/t15-/m1/s1.